The van der Waals surface area contributed by atoms with Crippen LogP contribution < -0.4 is 5.73 Å². The van der Waals surface area contributed by atoms with Crippen molar-refractivity contribution in [2.45, 2.75) is 13.3 Å². The van der Waals surface area contributed by atoms with Crippen molar-refractivity contribution < 1.29 is 9.53 Å². The molecular weight excluding hydrogens is 226 g/mol. The van der Waals surface area contributed by atoms with Crippen molar-refractivity contribution >= 4 is 23.3 Å². The minimum absolute atomic E-state index is 0.0792. The second kappa shape index (κ2) is 6.04. The zero-order valence-electron chi connectivity index (χ0n) is 8.92. The number of esters is 1. The number of hydrogen-bond acceptors (Lipinski definition) is 3. The molecule has 0 aliphatic carbocycles. The molecule has 16 heavy (non-hydrogen) atoms. The quantitative estimate of drug-likeness (QED) is 0.488. The lowest BCUT2D eigenvalue weighted by Gasteiger charge is -1.97. The summed E-state index contributed by atoms with van der Waals surface area (Å²) in [6.45, 7) is 2.12. The molecule has 0 unspecified atom stereocenters. The highest BCUT2D eigenvalue weighted by Gasteiger charge is 1.97. The molecule has 0 aliphatic heterocycles. The lowest BCUT2D eigenvalue weighted by molar-refractivity contribution is -0.141. The van der Waals surface area contributed by atoms with Gasteiger partial charge in [0.2, 0.25) is 0 Å². The van der Waals surface area contributed by atoms with Gasteiger partial charge in [0, 0.05) is 5.56 Å². The van der Waals surface area contributed by atoms with Gasteiger partial charge in [-0.2, -0.15) is 0 Å². The highest BCUT2D eigenvalue weighted by molar-refractivity contribution is 6.33. The van der Waals surface area contributed by atoms with Crippen molar-refractivity contribution in [3.63, 3.8) is 0 Å². The molecule has 0 heterocycles. The Hall–Kier alpha value is -1.66. The minimum atomic E-state index is -0.323. The summed E-state index contributed by atoms with van der Waals surface area (Å²) in [5.41, 5.74) is 6.79. The maximum absolute atomic E-state index is 11.0. The molecule has 0 fully saturated rings. The van der Waals surface area contributed by atoms with E-state index >= 15 is 0 Å². The van der Waals surface area contributed by atoms with Crippen LogP contribution in [-0.4, -0.2) is 12.6 Å². The molecule has 84 valence electrons. The highest BCUT2D eigenvalue weighted by atomic mass is 35.5. The van der Waals surface area contributed by atoms with Crippen LogP contribution in [-0.2, 0) is 9.53 Å². The van der Waals surface area contributed by atoms with Crippen LogP contribution in [0.15, 0.2) is 18.2 Å². The van der Waals surface area contributed by atoms with Crippen molar-refractivity contribution in [1.29, 1.82) is 0 Å². The Balaban J connectivity index is 2.63. The van der Waals surface area contributed by atoms with E-state index in [9.17, 15) is 4.79 Å². The number of ether oxygens (including phenoxy) is 1. The summed E-state index contributed by atoms with van der Waals surface area (Å²) >= 11 is 5.82. The van der Waals surface area contributed by atoms with E-state index in [-0.39, 0.29) is 12.4 Å². The lowest BCUT2D eigenvalue weighted by Crippen LogP contribution is -2.01. The van der Waals surface area contributed by atoms with E-state index in [1.807, 2.05) is 0 Å². The second-order valence-electron chi connectivity index (χ2n) is 3.02. The smallest absolute Gasteiger partial charge is 0.317 e. The first-order chi connectivity index (χ1) is 7.63. The maximum atomic E-state index is 11.0. The Morgan fingerprint density at radius 1 is 1.56 bits per heavy atom. The standard InChI is InChI=1S/C12H12ClNO2/c1-2-16-12(15)5-3-4-9-6-7-11(14)10(13)8-9/h6-8H,2,5,14H2,1H3. The molecule has 1 aromatic carbocycles. The van der Waals surface area contributed by atoms with Crippen LogP contribution in [0.4, 0.5) is 5.69 Å². The second-order valence-corrected chi connectivity index (χ2v) is 3.43. The number of hydrogen-bond donors (Lipinski definition) is 1. The van der Waals surface area contributed by atoms with Crippen LogP contribution in [0.1, 0.15) is 18.9 Å². The van der Waals surface area contributed by atoms with Gasteiger partial charge in [0.25, 0.3) is 0 Å². The molecule has 4 heteroatoms. The molecule has 0 aliphatic rings. The van der Waals surface area contributed by atoms with E-state index in [0.29, 0.717) is 17.3 Å². The Morgan fingerprint density at radius 3 is 2.94 bits per heavy atom. The number of carbonyl (C=O) groups excluding carboxylic acids is 1. The highest BCUT2D eigenvalue weighted by Crippen LogP contribution is 2.18. The number of benzene rings is 1. The molecule has 0 atom stereocenters. The van der Waals surface area contributed by atoms with Crippen molar-refractivity contribution in [3.05, 3.63) is 28.8 Å². The number of carbonyl (C=O) groups is 1. The Bertz CT molecular complexity index is 446. The minimum Gasteiger partial charge on any atom is -0.465 e. The summed E-state index contributed by atoms with van der Waals surface area (Å²) in [4.78, 5) is 11.0. The van der Waals surface area contributed by atoms with E-state index in [1.54, 1.807) is 25.1 Å². The molecule has 0 amide bonds. The van der Waals surface area contributed by atoms with E-state index in [0.717, 1.165) is 5.56 Å². The predicted molar refractivity (Wildman–Crippen MR) is 64.0 cm³/mol. The van der Waals surface area contributed by atoms with Crippen molar-refractivity contribution in [2.24, 2.45) is 0 Å². The van der Waals surface area contributed by atoms with Gasteiger partial charge in [-0.3, -0.25) is 4.79 Å². The molecule has 2 N–H and O–H groups in total. The summed E-state index contributed by atoms with van der Waals surface area (Å²) in [5.74, 6) is 5.20. The molecule has 0 saturated heterocycles. The van der Waals surface area contributed by atoms with Crippen molar-refractivity contribution in [3.8, 4) is 11.8 Å². The Kier molecular flexibility index (Phi) is 4.68. The van der Waals surface area contributed by atoms with Crippen LogP contribution in [0.2, 0.25) is 5.02 Å². The maximum Gasteiger partial charge on any atom is 0.317 e. The molecule has 1 aromatic rings. The number of rotatable bonds is 2. The van der Waals surface area contributed by atoms with Gasteiger partial charge in [-0.05, 0) is 25.1 Å². The molecule has 0 radical (unpaired) electrons. The Labute approximate surface area is 99.5 Å². The topological polar surface area (TPSA) is 52.3 Å². The van der Waals surface area contributed by atoms with Gasteiger partial charge in [0.1, 0.15) is 6.42 Å². The van der Waals surface area contributed by atoms with Crippen LogP contribution in [0.3, 0.4) is 0 Å². The number of halogens is 1. The monoisotopic (exact) mass is 237 g/mol. The van der Waals surface area contributed by atoms with Gasteiger partial charge >= 0.3 is 5.97 Å². The fourth-order valence-electron chi connectivity index (χ4n) is 1.04. The van der Waals surface area contributed by atoms with Crippen LogP contribution in [0, 0.1) is 11.8 Å². The normalized spacial score (nSPS) is 9.12. The molecule has 1 rings (SSSR count). The summed E-state index contributed by atoms with van der Waals surface area (Å²) in [6.07, 6.45) is 0.0792. The van der Waals surface area contributed by atoms with Crippen LogP contribution in [0.25, 0.3) is 0 Å². The summed E-state index contributed by atoms with van der Waals surface area (Å²) in [5, 5.41) is 0.461. The van der Waals surface area contributed by atoms with E-state index < -0.39 is 0 Å². The number of nitrogen functional groups attached to an aromatic ring is 1. The first-order valence-electron chi connectivity index (χ1n) is 4.83. The first kappa shape index (κ1) is 12.4. The van der Waals surface area contributed by atoms with Crippen molar-refractivity contribution in [1.82, 2.24) is 0 Å². The third-order valence-electron chi connectivity index (χ3n) is 1.77. The summed E-state index contributed by atoms with van der Waals surface area (Å²) in [7, 11) is 0. The molecular formula is C12H12ClNO2. The number of anilines is 1. The van der Waals surface area contributed by atoms with Gasteiger partial charge in [-0.15, -0.1) is 0 Å². The van der Waals surface area contributed by atoms with E-state index in [2.05, 4.69) is 11.8 Å². The van der Waals surface area contributed by atoms with Gasteiger partial charge in [0.05, 0.1) is 17.3 Å². The third kappa shape index (κ3) is 3.84. The Morgan fingerprint density at radius 2 is 2.31 bits per heavy atom. The summed E-state index contributed by atoms with van der Waals surface area (Å²) in [6, 6.07) is 5.09. The van der Waals surface area contributed by atoms with E-state index in [1.165, 1.54) is 0 Å². The molecule has 0 aromatic heterocycles. The number of nitrogens with two attached hydrogens (primary N) is 1. The third-order valence-corrected chi connectivity index (χ3v) is 2.10. The zero-order chi connectivity index (χ0) is 12.0. The molecule has 0 spiro atoms. The van der Waals surface area contributed by atoms with Crippen LogP contribution in [0.5, 0.6) is 0 Å². The fraction of sp³-hybridized carbons (Fsp3) is 0.250. The summed E-state index contributed by atoms with van der Waals surface area (Å²) < 4.78 is 4.74. The van der Waals surface area contributed by atoms with Gasteiger partial charge < -0.3 is 10.5 Å². The van der Waals surface area contributed by atoms with E-state index in [4.69, 9.17) is 22.1 Å². The van der Waals surface area contributed by atoms with Crippen molar-refractivity contribution in [2.75, 3.05) is 12.3 Å². The van der Waals surface area contributed by atoms with Gasteiger partial charge in [-0.25, -0.2) is 0 Å². The average Bonchev–Trinajstić information content (AvgIpc) is 2.24. The van der Waals surface area contributed by atoms with Gasteiger partial charge in [0.15, 0.2) is 0 Å². The average molecular weight is 238 g/mol. The zero-order valence-corrected chi connectivity index (χ0v) is 9.67. The molecule has 3 nitrogen and oxygen atoms in total. The first-order valence-corrected chi connectivity index (χ1v) is 5.20. The molecule has 0 bridgehead atoms. The lowest BCUT2D eigenvalue weighted by atomic mass is 10.2. The fourth-order valence-corrected chi connectivity index (χ4v) is 1.22. The molecule has 0 saturated carbocycles. The largest absolute Gasteiger partial charge is 0.465 e. The van der Waals surface area contributed by atoms with Crippen LogP contribution >= 0.6 is 11.6 Å². The SMILES string of the molecule is CCOC(=O)CC#Cc1ccc(N)c(Cl)c1. The van der Waals surface area contributed by atoms with Gasteiger partial charge in [-0.1, -0.05) is 23.4 Å². The predicted octanol–water partition coefficient (Wildman–Crippen LogP) is 2.23.